The minimum absolute atomic E-state index is 0.607. The minimum Gasteiger partial charge on any atom is -0.316 e. The Balaban J connectivity index is 1.36. The lowest BCUT2D eigenvalue weighted by molar-refractivity contribution is 0.0742. The first-order chi connectivity index (χ1) is 11.2. The first kappa shape index (κ1) is 16.3. The topological polar surface area (TPSA) is 33.8 Å². The van der Waals surface area contributed by atoms with Crippen LogP contribution in [0.4, 0.5) is 0 Å². The Kier molecular flexibility index (Phi) is 4.93. The third-order valence-corrected chi connectivity index (χ3v) is 6.95. The number of piperidine rings is 1. The summed E-state index contributed by atoms with van der Waals surface area (Å²) in [4.78, 5) is 8.04. The molecule has 0 aromatic carbocycles. The first-order valence-corrected chi connectivity index (χ1v) is 9.81. The van der Waals surface area contributed by atoms with Crippen molar-refractivity contribution in [3.63, 3.8) is 0 Å². The normalized spacial score (nSPS) is 41.1. The van der Waals surface area contributed by atoms with E-state index in [0.717, 1.165) is 12.0 Å². The monoisotopic (exact) mass is 321 g/mol. The molecule has 0 radical (unpaired) electrons. The number of likely N-dealkylation sites (N-methyl/N-ethyl adjacent to an activating group) is 1. The maximum absolute atomic E-state index is 3.68. The largest absolute Gasteiger partial charge is 0.316 e. The van der Waals surface area contributed by atoms with Crippen molar-refractivity contribution in [3.05, 3.63) is 0 Å². The third-order valence-electron chi connectivity index (χ3n) is 6.95. The minimum atomic E-state index is 0.607. The van der Waals surface area contributed by atoms with E-state index in [2.05, 4.69) is 32.4 Å². The van der Waals surface area contributed by atoms with Crippen molar-refractivity contribution < 1.29 is 0 Å². The second-order valence-electron chi connectivity index (χ2n) is 8.57. The molecule has 4 saturated heterocycles. The van der Waals surface area contributed by atoms with Gasteiger partial charge in [-0.25, -0.2) is 0 Å². The van der Waals surface area contributed by atoms with Crippen molar-refractivity contribution >= 4 is 0 Å². The van der Waals surface area contributed by atoms with E-state index in [9.17, 15) is 0 Å². The van der Waals surface area contributed by atoms with E-state index in [4.69, 9.17) is 0 Å². The Hall–Kier alpha value is -0.200. The molecule has 5 nitrogen and oxygen atoms in total. The van der Waals surface area contributed by atoms with E-state index in [1.165, 1.54) is 91.3 Å². The van der Waals surface area contributed by atoms with Crippen molar-refractivity contribution in [2.45, 2.75) is 25.3 Å². The highest BCUT2D eigenvalue weighted by atomic mass is 15.3. The Morgan fingerprint density at radius 3 is 2.65 bits per heavy atom. The van der Waals surface area contributed by atoms with Gasteiger partial charge in [-0.05, 0) is 57.3 Å². The Labute approximate surface area is 141 Å². The van der Waals surface area contributed by atoms with Gasteiger partial charge in [0.1, 0.15) is 0 Å². The van der Waals surface area contributed by atoms with Gasteiger partial charge in [-0.15, -0.1) is 0 Å². The number of nitrogens with zero attached hydrogens (tertiary/aromatic N) is 3. The van der Waals surface area contributed by atoms with Gasteiger partial charge in [-0.1, -0.05) is 0 Å². The lowest BCUT2D eigenvalue weighted by atomic mass is 9.86. The van der Waals surface area contributed by atoms with Crippen LogP contribution in [-0.4, -0.2) is 99.8 Å². The van der Waals surface area contributed by atoms with E-state index < -0.39 is 0 Å². The zero-order chi connectivity index (χ0) is 15.7. The molecule has 5 heteroatoms. The molecule has 3 atom stereocenters. The van der Waals surface area contributed by atoms with Crippen molar-refractivity contribution in [1.29, 1.82) is 0 Å². The van der Waals surface area contributed by atoms with E-state index in [-0.39, 0.29) is 0 Å². The maximum Gasteiger partial charge on any atom is 0.0261 e. The van der Waals surface area contributed by atoms with Crippen molar-refractivity contribution in [3.8, 4) is 0 Å². The molecule has 132 valence electrons. The van der Waals surface area contributed by atoms with Crippen LogP contribution in [-0.2, 0) is 0 Å². The summed E-state index contributed by atoms with van der Waals surface area (Å²) in [5.74, 6) is 0.865. The van der Waals surface area contributed by atoms with Gasteiger partial charge in [0.2, 0.25) is 0 Å². The highest BCUT2D eigenvalue weighted by molar-refractivity contribution is 5.00. The van der Waals surface area contributed by atoms with Crippen LogP contribution in [0, 0.1) is 11.3 Å². The molecule has 23 heavy (non-hydrogen) atoms. The van der Waals surface area contributed by atoms with Crippen LogP contribution in [0.1, 0.15) is 19.3 Å². The molecule has 0 aromatic heterocycles. The van der Waals surface area contributed by atoms with Crippen molar-refractivity contribution in [2.75, 3.05) is 79.0 Å². The van der Waals surface area contributed by atoms with E-state index in [1.807, 2.05) is 0 Å². The quantitative estimate of drug-likeness (QED) is 0.759. The molecule has 0 bridgehead atoms. The summed E-state index contributed by atoms with van der Waals surface area (Å²) in [6, 6.07) is 0.767. The number of rotatable bonds is 3. The summed E-state index contributed by atoms with van der Waals surface area (Å²) in [7, 11) is 2.25. The smallest absolute Gasteiger partial charge is 0.0261 e. The molecule has 2 N–H and O–H groups in total. The summed E-state index contributed by atoms with van der Waals surface area (Å²) in [5, 5.41) is 7.29. The van der Waals surface area contributed by atoms with Gasteiger partial charge in [0.15, 0.2) is 0 Å². The average molecular weight is 322 g/mol. The van der Waals surface area contributed by atoms with Crippen LogP contribution in [0.25, 0.3) is 0 Å². The van der Waals surface area contributed by atoms with Gasteiger partial charge in [0.25, 0.3) is 0 Å². The fourth-order valence-corrected chi connectivity index (χ4v) is 5.30. The van der Waals surface area contributed by atoms with Gasteiger partial charge >= 0.3 is 0 Å². The second kappa shape index (κ2) is 6.96. The van der Waals surface area contributed by atoms with Crippen molar-refractivity contribution in [1.82, 2.24) is 25.3 Å². The molecule has 0 saturated carbocycles. The summed E-state index contributed by atoms with van der Waals surface area (Å²) < 4.78 is 0. The van der Waals surface area contributed by atoms with Gasteiger partial charge in [0.05, 0.1) is 0 Å². The van der Waals surface area contributed by atoms with Gasteiger partial charge in [-0.2, -0.15) is 0 Å². The summed E-state index contributed by atoms with van der Waals surface area (Å²) in [6.45, 7) is 13.9. The highest BCUT2D eigenvalue weighted by Crippen LogP contribution is 2.38. The van der Waals surface area contributed by atoms with Crippen LogP contribution < -0.4 is 10.6 Å². The molecule has 0 aromatic rings. The second-order valence-corrected chi connectivity index (χ2v) is 8.57. The third kappa shape index (κ3) is 3.59. The number of nitrogens with one attached hydrogen (secondary N) is 2. The first-order valence-electron chi connectivity index (χ1n) is 9.81. The lowest BCUT2D eigenvalue weighted by Crippen LogP contribution is -2.55. The summed E-state index contributed by atoms with van der Waals surface area (Å²) in [6.07, 6.45) is 4.17. The number of piperazine rings is 1. The predicted molar refractivity (Wildman–Crippen MR) is 94.8 cm³/mol. The number of hydrogen-bond acceptors (Lipinski definition) is 5. The van der Waals surface area contributed by atoms with Crippen LogP contribution in [0.5, 0.6) is 0 Å². The van der Waals surface area contributed by atoms with E-state index >= 15 is 0 Å². The number of hydrogen-bond donors (Lipinski definition) is 2. The lowest BCUT2D eigenvalue weighted by Gasteiger charge is -2.42. The average Bonchev–Trinajstić information content (AvgIpc) is 3.21. The molecular formula is C18H35N5. The van der Waals surface area contributed by atoms with Gasteiger partial charge in [-0.3, -0.25) is 4.90 Å². The fourth-order valence-electron chi connectivity index (χ4n) is 5.30. The summed E-state index contributed by atoms with van der Waals surface area (Å²) in [5.41, 5.74) is 0.607. The molecule has 0 aliphatic carbocycles. The Morgan fingerprint density at radius 1 is 1.00 bits per heavy atom. The molecule has 3 unspecified atom stereocenters. The Morgan fingerprint density at radius 2 is 1.87 bits per heavy atom. The molecule has 0 amide bonds. The van der Waals surface area contributed by atoms with Crippen LogP contribution in [0.2, 0.25) is 0 Å². The molecular weight excluding hydrogens is 286 g/mol. The van der Waals surface area contributed by atoms with Gasteiger partial charge in [0, 0.05) is 58.4 Å². The maximum atomic E-state index is 3.68. The molecule has 4 heterocycles. The van der Waals surface area contributed by atoms with Crippen LogP contribution in [0.3, 0.4) is 0 Å². The van der Waals surface area contributed by atoms with Gasteiger partial charge < -0.3 is 20.4 Å². The molecule has 4 rings (SSSR count). The summed E-state index contributed by atoms with van der Waals surface area (Å²) >= 11 is 0. The zero-order valence-corrected chi connectivity index (χ0v) is 14.9. The number of likely N-dealkylation sites (tertiary alicyclic amines) is 1. The van der Waals surface area contributed by atoms with Crippen molar-refractivity contribution in [2.24, 2.45) is 11.3 Å². The van der Waals surface area contributed by atoms with Crippen LogP contribution in [0.15, 0.2) is 0 Å². The highest BCUT2D eigenvalue weighted by Gasteiger charge is 2.44. The predicted octanol–water partition coefficient (Wildman–Crippen LogP) is -0.103. The molecule has 1 spiro atoms. The van der Waals surface area contributed by atoms with E-state index in [1.54, 1.807) is 0 Å². The SMILES string of the molecule is CN1CCN(CC2CCNCC2N2CCC3(CCNC3)C2)CC1. The molecule has 4 fully saturated rings. The van der Waals surface area contributed by atoms with Crippen LogP contribution >= 0.6 is 0 Å². The fraction of sp³-hybridized carbons (Fsp3) is 1.00. The molecule has 4 aliphatic rings. The Bertz CT molecular complexity index is 387. The molecule has 4 aliphatic heterocycles. The standard InChI is InChI=1S/C18H35N5/c1-21-8-10-22(11-9-21)13-16-2-5-19-12-17(16)23-7-4-18(15-23)3-6-20-14-18/h16-17,19-20H,2-15H2,1H3. The van der Waals surface area contributed by atoms with E-state index in [0.29, 0.717) is 5.41 Å². The zero-order valence-electron chi connectivity index (χ0n) is 14.9.